The molecule has 2 rings (SSSR count). The second-order valence-electron chi connectivity index (χ2n) is 5.74. The smallest absolute Gasteiger partial charge is 0.134 e. The molecule has 1 aromatic heterocycles. The summed E-state index contributed by atoms with van der Waals surface area (Å²) in [6, 6.07) is 0. The quantitative estimate of drug-likeness (QED) is 0.637. The summed E-state index contributed by atoms with van der Waals surface area (Å²) < 4.78 is 0. The summed E-state index contributed by atoms with van der Waals surface area (Å²) in [4.78, 5) is 8.84. The summed E-state index contributed by atoms with van der Waals surface area (Å²) in [7, 11) is 0. The lowest BCUT2D eigenvalue weighted by atomic mass is 10.1. The zero-order chi connectivity index (χ0) is 14.2. The van der Waals surface area contributed by atoms with Crippen molar-refractivity contribution in [2.24, 2.45) is 5.92 Å². The molecule has 0 atom stereocenters. The van der Waals surface area contributed by atoms with Crippen molar-refractivity contribution < 1.29 is 0 Å². The standard InChI is InChI=1S/C16H28N4/c1-3-6-14-15(17-10-4-2)19-12-20-16(14)18-11-5-7-13-8-9-13/h12-13H,3-11H2,1-2H3,(H2,17,18,19,20). The first-order chi connectivity index (χ1) is 9.85. The summed E-state index contributed by atoms with van der Waals surface area (Å²) in [5, 5.41) is 6.92. The van der Waals surface area contributed by atoms with Crippen molar-refractivity contribution >= 4 is 11.6 Å². The van der Waals surface area contributed by atoms with Gasteiger partial charge in [-0.25, -0.2) is 9.97 Å². The zero-order valence-corrected chi connectivity index (χ0v) is 12.9. The van der Waals surface area contributed by atoms with Gasteiger partial charge in [0, 0.05) is 18.7 Å². The van der Waals surface area contributed by atoms with Crippen LogP contribution >= 0.6 is 0 Å². The highest BCUT2D eigenvalue weighted by Gasteiger charge is 2.20. The highest BCUT2D eigenvalue weighted by Crippen LogP contribution is 2.33. The fourth-order valence-corrected chi connectivity index (χ4v) is 2.45. The molecule has 4 heteroatoms. The molecule has 0 aliphatic heterocycles. The molecular formula is C16H28N4. The highest BCUT2D eigenvalue weighted by atomic mass is 15.1. The molecule has 4 nitrogen and oxygen atoms in total. The Labute approximate surface area is 122 Å². The van der Waals surface area contributed by atoms with Gasteiger partial charge in [0.05, 0.1) is 0 Å². The summed E-state index contributed by atoms with van der Waals surface area (Å²) in [5.41, 5.74) is 1.25. The molecule has 1 heterocycles. The third-order valence-electron chi connectivity index (χ3n) is 3.77. The maximum Gasteiger partial charge on any atom is 0.134 e. The Hall–Kier alpha value is -1.32. The topological polar surface area (TPSA) is 49.8 Å². The average molecular weight is 276 g/mol. The summed E-state index contributed by atoms with van der Waals surface area (Å²) in [5.74, 6) is 3.05. The van der Waals surface area contributed by atoms with Crippen LogP contribution in [0.25, 0.3) is 0 Å². The van der Waals surface area contributed by atoms with E-state index in [4.69, 9.17) is 0 Å². The van der Waals surface area contributed by atoms with E-state index in [1.807, 2.05) is 0 Å². The van der Waals surface area contributed by atoms with Crippen molar-refractivity contribution in [3.05, 3.63) is 11.9 Å². The number of hydrogen-bond acceptors (Lipinski definition) is 4. The maximum atomic E-state index is 4.44. The minimum absolute atomic E-state index is 0.967. The Balaban J connectivity index is 1.93. The van der Waals surface area contributed by atoms with Crippen LogP contribution in [-0.2, 0) is 6.42 Å². The molecule has 112 valence electrons. The van der Waals surface area contributed by atoms with Crippen LogP contribution in [0.15, 0.2) is 6.33 Å². The van der Waals surface area contributed by atoms with Crippen LogP contribution in [0, 0.1) is 5.92 Å². The predicted octanol–water partition coefficient (Wildman–Crippen LogP) is 3.85. The van der Waals surface area contributed by atoms with Crippen LogP contribution in [0.3, 0.4) is 0 Å². The van der Waals surface area contributed by atoms with Crippen LogP contribution in [0.2, 0.25) is 0 Å². The second kappa shape index (κ2) is 8.08. The summed E-state index contributed by atoms with van der Waals surface area (Å²) >= 11 is 0. The first kappa shape index (κ1) is 15.1. The molecule has 1 aliphatic carbocycles. The molecule has 1 fully saturated rings. The Bertz CT molecular complexity index is 401. The van der Waals surface area contributed by atoms with E-state index in [0.717, 1.165) is 49.9 Å². The monoisotopic (exact) mass is 276 g/mol. The maximum absolute atomic E-state index is 4.44. The molecule has 0 saturated heterocycles. The minimum Gasteiger partial charge on any atom is -0.370 e. The number of nitrogens with zero attached hydrogens (tertiary/aromatic N) is 2. The highest BCUT2D eigenvalue weighted by molar-refractivity contribution is 5.57. The SMILES string of the molecule is CCCNc1ncnc(NCCCC2CC2)c1CCC. The average Bonchev–Trinajstić information content (AvgIpc) is 3.28. The van der Waals surface area contributed by atoms with Crippen molar-refractivity contribution in [3.8, 4) is 0 Å². The predicted molar refractivity (Wildman–Crippen MR) is 85.3 cm³/mol. The van der Waals surface area contributed by atoms with Gasteiger partial charge in [0.2, 0.25) is 0 Å². The first-order valence-corrected chi connectivity index (χ1v) is 8.16. The van der Waals surface area contributed by atoms with E-state index in [-0.39, 0.29) is 0 Å². The number of rotatable bonds is 10. The van der Waals surface area contributed by atoms with Crippen molar-refractivity contribution in [3.63, 3.8) is 0 Å². The molecular weight excluding hydrogens is 248 g/mol. The fraction of sp³-hybridized carbons (Fsp3) is 0.750. The van der Waals surface area contributed by atoms with E-state index in [9.17, 15) is 0 Å². The van der Waals surface area contributed by atoms with E-state index < -0.39 is 0 Å². The summed E-state index contributed by atoms with van der Waals surface area (Å²) in [6.45, 7) is 6.37. The van der Waals surface area contributed by atoms with Crippen LogP contribution in [0.5, 0.6) is 0 Å². The molecule has 0 radical (unpaired) electrons. The van der Waals surface area contributed by atoms with Gasteiger partial charge in [0.15, 0.2) is 0 Å². The van der Waals surface area contributed by atoms with Gasteiger partial charge in [-0.15, -0.1) is 0 Å². The number of anilines is 2. The van der Waals surface area contributed by atoms with Gasteiger partial charge in [-0.1, -0.05) is 33.1 Å². The van der Waals surface area contributed by atoms with E-state index >= 15 is 0 Å². The zero-order valence-electron chi connectivity index (χ0n) is 12.9. The van der Waals surface area contributed by atoms with Crippen LogP contribution < -0.4 is 10.6 Å². The number of hydrogen-bond donors (Lipinski definition) is 2. The molecule has 0 amide bonds. The van der Waals surface area contributed by atoms with Crippen molar-refractivity contribution in [1.82, 2.24) is 9.97 Å². The Kier molecular flexibility index (Phi) is 6.09. The third kappa shape index (κ3) is 4.66. The molecule has 20 heavy (non-hydrogen) atoms. The van der Waals surface area contributed by atoms with E-state index in [1.165, 1.54) is 31.2 Å². The molecule has 0 unspecified atom stereocenters. The normalized spacial score (nSPS) is 14.3. The number of aromatic nitrogens is 2. The first-order valence-electron chi connectivity index (χ1n) is 8.16. The molecule has 1 aromatic rings. The largest absolute Gasteiger partial charge is 0.370 e. The van der Waals surface area contributed by atoms with Gasteiger partial charge >= 0.3 is 0 Å². The Morgan fingerprint density at radius 1 is 1.05 bits per heavy atom. The lowest BCUT2D eigenvalue weighted by Crippen LogP contribution is -2.11. The molecule has 1 saturated carbocycles. The Morgan fingerprint density at radius 2 is 1.75 bits per heavy atom. The molecule has 0 spiro atoms. The third-order valence-corrected chi connectivity index (χ3v) is 3.77. The van der Waals surface area contributed by atoms with Gasteiger partial charge < -0.3 is 10.6 Å². The molecule has 1 aliphatic rings. The Morgan fingerprint density at radius 3 is 2.35 bits per heavy atom. The van der Waals surface area contributed by atoms with Crippen molar-refractivity contribution in [2.45, 2.75) is 58.8 Å². The van der Waals surface area contributed by atoms with Gasteiger partial charge in [-0.2, -0.15) is 0 Å². The van der Waals surface area contributed by atoms with Crippen LogP contribution in [0.1, 0.15) is 57.9 Å². The molecule has 0 bridgehead atoms. The van der Waals surface area contributed by atoms with Gasteiger partial charge in [0.25, 0.3) is 0 Å². The fourth-order valence-electron chi connectivity index (χ4n) is 2.45. The van der Waals surface area contributed by atoms with Crippen molar-refractivity contribution in [1.29, 1.82) is 0 Å². The molecule has 0 aromatic carbocycles. The van der Waals surface area contributed by atoms with Gasteiger partial charge in [0.1, 0.15) is 18.0 Å². The number of nitrogens with one attached hydrogen (secondary N) is 2. The van der Waals surface area contributed by atoms with E-state index in [1.54, 1.807) is 6.33 Å². The van der Waals surface area contributed by atoms with Crippen LogP contribution in [0.4, 0.5) is 11.6 Å². The summed E-state index contributed by atoms with van der Waals surface area (Å²) in [6.07, 6.45) is 10.4. The van der Waals surface area contributed by atoms with E-state index in [0.29, 0.717) is 0 Å². The lowest BCUT2D eigenvalue weighted by molar-refractivity contribution is 0.685. The second-order valence-corrected chi connectivity index (χ2v) is 5.74. The molecule has 2 N–H and O–H groups in total. The van der Waals surface area contributed by atoms with Crippen molar-refractivity contribution in [2.75, 3.05) is 23.7 Å². The minimum atomic E-state index is 0.967. The van der Waals surface area contributed by atoms with E-state index in [2.05, 4.69) is 34.4 Å². The van der Waals surface area contributed by atoms with Gasteiger partial charge in [-0.05, 0) is 31.6 Å². The lowest BCUT2D eigenvalue weighted by Gasteiger charge is -2.14. The van der Waals surface area contributed by atoms with Crippen LogP contribution in [-0.4, -0.2) is 23.1 Å². The van der Waals surface area contributed by atoms with Gasteiger partial charge in [-0.3, -0.25) is 0 Å².